The third-order valence-corrected chi connectivity index (χ3v) is 6.49. The Bertz CT molecular complexity index is 1440. The molecular weight excluding hydrogens is 530 g/mol. The van der Waals surface area contributed by atoms with E-state index in [4.69, 9.17) is 18.9 Å². The molecule has 1 aliphatic heterocycles. The number of nitrogens with zero attached hydrogens (tertiary/aromatic N) is 2. The molecular formula is C30H31N3O8. The highest BCUT2D eigenvalue weighted by Gasteiger charge is 2.46. The first kappa shape index (κ1) is 28.9. The molecule has 0 unspecified atom stereocenters. The molecule has 3 aromatic rings. The van der Waals surface area contributed by atoms with E-state index in [1.165, 1.54) is 38.4 Å². The Morgan fingerprint density at radius 2 is 1.61 bits per heavy atom. The zero-order chi connectivity index (χ0) is 29.5. The van der Waals surface area contributed by atoms with Crippen LogP contribution in [0.15, 0.2) is 66.7 Å². The second kappa shape index (κ2) is 12.9. The van der Waals surface area contributed by atoms with Gasteiger partial charge in [-0.25, -0.2) is 14.5 Å². The van der Waals surface area contributed by atoms with Crippen LogP contribution in [-0.2, 0) is 20.9 Å². The molecule has 41 heavy (non-hydrogen) atoms. The van der Waals surface area contributed by atoms with Crippen LogP contribution in [0.3, 0.4) is 0 Å². The van der Waals surface area contributed by atoms with Gasteiger partial charge in [-0.1, -0.05) is 12.1 Å². The van der Waals surface area contributed by atoms with E-state index in [1.807, 2.05) is 0 Å². The number of amides is 4. The average molecular weight is 562 g/mol. The van der Waals surface area contributed by atoms with E-state index < -0.39 is 29.9 Å². The first-order chi connectivity index (χ1) is 19.8. The van der Waals surface area contributed by atoms with E-state index in [2.05, 4.69) is 5.32 Å². The molecule has 3 aromatic carbocycles. The summed E-state index contributed by atoms with van der Waals surface area (Å²) < 4.78 is 20.9. The van der Waals surface area contributed by atoms with Crippen LogP contribution in [0, 0.1) is 0 Å². The van der Waals surface area contributed by atoms with E-state index in [0.717, 1.165) is 4.90 Å². The zero-order valence-corrected chi connectivity index (χ0v) is 23.2. The summed E-state index contributed by atoms with van der Waals surface area (Å²) in [4.78, 5) is 54.7. The number of ether oxygens (including phenoxy) is 4. The van der Waals surface area contributed by atoms with Crippen molar-refractivity contribution in [2.75, 3.05) is 38.2 Å². The summed E-state index contributed by atoms with van der Waals surface area (Å²) in [6, 6.07) is 16.3. The van der Waals surface area contributed by atoms with Crippen molar-refractivity contribution in [2.45, 2.75) is 25.9 Å². The van der Waals surface area contributed by atoms with Crippen molar-refractivity contribution in [3.05, 3.63) is 77.9 Å². The van der Waals surface area contributed by atoms with Crippen molar-refractivity contribution >= 4 is 35.2 Å². The normalized spacial score (nSPS) is 14.6. The van der Waals surface area contributed by atoms with E-state index in [-0.39, 0.29) is 19.6 Å². The molecule has 0 aliphatic carbocycles. The number of hydrogen-bond donors (Lipinski definition) is 1. The maximum Gasteiger partial charge on any atom is 0.338 e. The number of anilines is 2. The number of esters is 1. The number of methoxy groups -OCH3 is 3. The fourth-order valence-corrected chi connectivity index (χ4v) is 4.47. The molecule has 1 saturated heterocycles. The minimum atomic E-state index is -1.08. The monoisotopic (exact) mass is 561 g/mol. The fraction of sp³-hybridized carbons (Fsp3) is 0.267. The van der Waals surface area contributed by atoms with Gasteiger partial charge in [0.15, 0.2) is 11.5 Å². The van der Waals surface area contributed by atoms with Gasteiger partial charge in [-0.3, -0.25) is 9.59 Å². The van der Waals surface area contributed by atoms with Crippen LogP contribution >= 0.6 is 0 Å². The quantitative estimate of drug-likeness (QED) is 0.272. The lowest BCUT2D eigenvalue weighted by Gasteiger charge is -2.22. The number of imide groups is 1. The second-order valence-electron chi connectivity index (χ2n) is 9.04. The Morgan fingerprint density at radius 1 is 0.878 bits per heavy atom. The van der Waals surface area contributed by atoms with Crippen molar-refractivity contribution in [1.82, 2.24) is 4.90 Å². The predicted molar refractivity (Wildman–Crippen MR) is 150 cm³/mol. The molecule has 0 radical (unpaired) electrons. The standard InChI is InChI=1S/C30H31N3O8/c1-5-41-29(36)20-10-12-21(13-11-20)31-27(34)17-24-28(35)33(22-7-6-8-23(16-22)38-2)30(37)32(24)18-19-9-14-25(39-3)26(15-19)40-4/h6-16,24H,5,17-18H2,1-4H3,(H,31,34)/t24-/m0/s1. The number of benzene rings is 3. The number of urea groups is 1. The largest absolute Gasteiger partial charge is 0.497 e. The van der Waals surface area contributed by atoms with E-state index in [9.17, 15) is 19.2 Å². The Hall–Kier alpha value is -5.06. The molecule has 1 aliphatic rings. The molecule has 0 saturated carbocycles. The molecule has 4 rings (SSSR count). The molecule has 0 bridgehead atoms. The molecule has 1 N–H and O–H groups in total. The van der Waals surface area contributed by atoms with Gasteiger partial charge >= 0.3 is 12.0 Å². The van der Waals surface area contributed by atoms with Gasteiger partial charge in [0, 0.05) is 18.3 Å². The zero-order valence-electron chi connectivity index (χ0n) is 23.2. The van der Waals surface area contributed by atoms with Crippen LogP contribution in [-0.4, -0.2) is 62.7 Å². The summed E-state index contributed by atoms with van der Waals surface area (Å²) in [6.07, 6.45) is -0.294. The molecule has 214 valence electrons. The number of hydrogen-bond acceptors (Lipinski definition) is 8. The number of carbonyl (C=O) groups is 4. The molecule has 11 heteroatoms. The Morgan fingerprint density at radius 3 is 2.27 bits per heavy atom. The van der Waals surface area contributed by atoms with Crippen molar-refractivity contribution in [3.8, 4) is 17.2 Å². The van der Waals surface area contributed by atoms with Crippen LogP contribution in [0.4, 0.5) is 16.2 Å². The summed E-state index contributed by atoms with van der Waals surface area (Å²) in [5, 5.41) is 2.74. The molecule has 4 amide bonds. The highest BCUT2D eigenvalue weighted by molar-refractivity contribution is 6.22. The van der Waals surface area contributed by atoms with E-state index in [1.54, 1.807) is 61.5 Å². The predicted octanol–water partition coefficient (Wildman–Crippen LogP) is 4.26. The van der Waals surface area contributed by atoms with Crippen molar-refractivity contribution in [1.29, 1.82) is 0 Å². The average Bonchev–Trinajstić information content (AvgIpc) is 3.21. The summed E-state index contributed by atoms with van der Waals surface area (Å²) in [5.41, 5.74) is 1.78. The lowest BCUT2D eigenvalue weighted by molar-refractivity contribution is -0.124. The second-order valence-corrected chi connectivity index (χ2v) is 9.04. The smallest absolute Gasteiger partial charge is 0.338 e. The fourth-order valence-electron chi connectivity index (χ4n) is 4.47. The topological polar surface area (TPSA) is 124 Å². The van der Waals surface area contributed by atoms with Crippen molar-refractivity contribution in [2.24, 2.45) is 0 Å². The summed E-state index contributed by atoms with van der Waals surface area (Å²) >= 11 is 0. The van der Waals surface area contributed by atoms with E-state index >= 15 is 0 Å². The maximum atomic E-state index is 13.7. The van der Waals surface area contributed by atoms with Gasteiger partial charge in [0.05, 0.1) is 45.6 Å². The van der Waals surface area contributed by atoms with Crippen LogP contribution in [0.5, 0.6) is 17.2 Å². The minimum Gasteiger partial charge on any atom is -0.497 e. The summed E-state index contributed by atoms with van der Waals surface area (Å²) in [7, 11) is 4.51. The molecule has 11 nitrogen and oxygen atoms in total. The maximum absolute atomic E-state index is 13.7. The van der Waals surface area contributed by atoms with Crippen LogP contribution in [0.2, 0.25) is 0 Å². The molecule has 0 aromatic heterocycles. The molecule has 1 atom stereocenters. The Labute approximate surface area is 237 Å². The van der Waals surface area contributed by atoms with Gasteiger partial charge in [0.2, 0.25) is 5.91 Å². The third kappa shape index (κ3) is 6.40. The third-order valence-electron chi connectivity index (χ3n) is 6.49. The molecule has 1 heterocycles. The highest BCUT2D eigenvalue weighted by atomic mass is 16.5. The number of carbonyl (C=O) groups excluding carboxylic acids is 4. The first-order valence-corrected chi connectivity index (χ1v) is 12.9. The van der Waals surface area contributed by atoms with Crippen molar-refractivity contribution in [3.63, 3.8) is 0 Å². The van der Waals surface area contributed by atoms with Crippen LogP contribution < -0.4 is 24.4 Å². The van der Waals surface area contributed by atoms with Gasteiger partial charge in [-0.2, -0.15) is 0 Å². The van der Waals surface area contributed by atoms with Gasteiger partial charge in [-0.05, 0) is 61.0 Å². The van der Waals surface area contributed by atoms with Gasteiger partial charge < -0.3 is 29.2 Å². The van der Waals surface area contributed by atoms with Gasteiger partial charge in [0.25, 0.3) is 5.91 Å². The Balaban J connectivity index is 1.59. The molecule has 1 fully saturated rings. The van der Waals surface area contributed by atoms with Crippen molar-refractivity contribution < 1.29 is 38.1 Å². The summed E-state index contributed by atoms with van der Waals surface area (Å²) in [5.74, 6) is -0.0385. The van der Waals surface area contributed by atoms with Gasteiger partial charge in [0.1, 0.15) is 11.8 Å². The SMILES string of the molecule is CCOC(=O)c1ccc(NC(=O)C[C@H]2C(=O)N(c3cccc(OC)c3)C(=O)N2Cc2ccc(OC)c(OC)c2)cc1. The lowest BCUT2D eigenvalue weighted by Crippen LogP contribution is -2.37. The number of nitrogens with one attached hydrogen (secondary N) is 1. The van der Waals surface area contributed by atoms with Gasteiger partial charge in [-0.15, -0.1) is 0 Å². The van der Waals surface area contributed by atoms with E-state index in [0.29, 0.717) is 39.8 Å². The van der Waals surface area contributed by atoms with Crippen LogP contribution in [0.1, 0.15) is 29.3 Å². The lowest BCUT2D eigenvalue weighted by atomic mass is 10.1. The summed E-state index contributed by atoms with van der Waals surface area (Å²) in [6.45, 7) is 2.00. The minimum absolute atomic E-state index is 0.0393. The first-order valence-electron chi connectivity index (χ1n) is 12.9. The van der Waals surface area contributed by atoms with Crippen LogP contribution in [0.25, 0.3) is 0 Å². The molecule has 0 spiro atoms. The Kier molecular flexibility index (Phi) is 9.08. The highest BCUT2D eigenvalue weighted by Crippen LogP contribution is 2.33. The number of rotatable bonds is 11.